The molecule has 0 N–H and O–H groups in total. The van der Waals surface area contributed by atoms with Crippen molar-refractivity contribution in [2.24, 2.45) is 0 Å². The van der Waals surface area contributed by atoms with Crippen molar-refractivity contribution in [3.8, 4) is 5.69 Å². The Labute approximate surface area is 184 Å². The zero-order chi connectivity index (χ0) is 21.8. The van der Waals surface area contributed by atoms with E-state index in [0.29, 0.717) is 10.6 Å². The molecule has 0 radical (unpaired) electrons. The van der Waals surface area contributed by atoms with E-state index in [1.54, 1.807) is 40.3 Å². The van der Waals surface area contributed by atoms with Crippen LogP contribution in [-0.4, -0.2) is 66.9 Å². The fourth-order valence-electron chi connectivity index (χ4n) is 3.36. The second-order valence-corrected chi connectivity index (χ2v) is 9.75. The molecule has 0 aliphatic carbocycles. The van der Waals surface area contributed by atoms with E-state index >= 15 is 0 Å². The number of nitrogens with zero attached hydrogens (tertiary/aromatic N) is 3. The number of aromatic nitrogens is 1. The van der Waals surface area contributed by atoms with Gasteiger partial charge in [-0.2, -0.15) is 4.31 Å². The van der Waals surface area contributed by atoms with Crippen molar-refractivity contribution in [2.75, 3.05) is 32.8 Å². The quantitative estimate of drug-likeness (QED) is 0.528. The first-order valence-corrected chi connectivity index (χ1v) is 12.0. The van der Waals surface area contributed by atoms with Gasteiger partial charge < -0.3 is 14.2 Å². The largest absolute Gasteiger partial charge is 0.451 e. The van der Waals surface area contributed by atoms with Crippen LogP contribution in [0.3, 0.4) is 0 Å². The van der Waals surface area contributed by atoms with Crippen LogP contribution in [0.4, 0.5) is 0 Å². The average Bonchev–Trinajstić information content (AvgIpc) is 3.49. The minimum absolute atomic E-state index is 0.194. The summed E-state index contributed by atoms with van der Waals surface area (Å²) in [5.41, 5.74) is 0.701. The highest BCUT2D eigenvalue weighted by atomic mass is 32.2. The number of hydrogen-bond donors (Lipinski definition) is 0. The molecule has 2 aromatic heterocycles. The Morgan fingerprint density at radius 1 is 0.935 bits per heavy atom. The van der Waals surface area contributed by atoms with Gasteiger partial charge in [0.15, 0.2) is 6.61 Å². The van der Waals surface area contributed by atoms with Gasteiger partial charge in [-0.25, -0.2) is 13.2 Å². The first-order chi connectivity index (χ1) is 15.0. The molecule has 162 valence electrons. The standard InChI is InChI=1S/C21H21N3O5S2/c25-19(16-29-21(26)20-18(8-15-30-20)22-9-4-5-10-22)23-11-13-24(14-12-23)31(27,28)17-6-2-1-3-7-17/h1-10,15H,11-14,16H2. The summed E-state index contributed by atoms with van der Waals surface area (Å²) in [6, 6.07) is 13.7. The molecule has 0 bridgehead atoms. The number of piperazine rings is 1. The Bertz CT molecular complexity index is 1150. The maximum absolute atomic E-state index is 12.7. The van der Waals surface area contributed by atoms with Gasteiger partial charge in [0.25, 0.3) is 5.91 Å². The summed E-state index contributed by atoms with van der Waals surface area (Å²) in [7, 11) is -3.58. The monoisotopic (exact) mass is 459 g/mol. The number of esters is 1. The zero-order valence-electron chi connectivity index (χ0n) is 16.6. The minimum Gasteiger partial charge on any atom is -0.451 e. The van der Waals surface area contributed by atoms with Crippen molar-refractivity contribution >= 4 is 33.2 Å². The summed E-state index contributed by atoms with van der Waals surface area (Å²) < 4.78 is 33.8. The van der Waals surface area contributed by atoms with Gasteiger partial charge in [0.05, 0.1) is 10.6 Å². The van der Waals surface area contributed by atoms with Crippen LogP contribution in [0.15, 0.2) is 71.2 Å². The van der Waals surface area contributed by atoms with Gasteiger partial charge in [0.2, 0.25) is 10.0 Å². The topological polar surface area (TPSA) is 88.9 Å². The zero-order valence-corrected chi connectivity index (χ0v) is 18.2. The summed E-state index contributed by atoms with van der Waals surface area (Å²) in [4.78, 5) is 27.1. The lowest BCUT2D eigenvalue weighted by molar-refractivity contribution is -0.135. The molecule has 0 unspecified atom stereocenters. The number of sulfonamides is 1. The lowest BCUT2D eigenvalue weighted by Gasteiger charge is -2.33. The fourth-order valence-corrected chi connectivity index (χ4v) is 5.58. The third-order valence-electron chi connectivity index (χ3n) is 5.01. The van der Waals surface area contributed by atoms with Gasteiger partial charge in [-0.15, -0.1) is 11.3 Å². The minimum atomic E-state index is -3.58. The van der Waals surface area contributed by atoms with Gasteiger partial charge >= 0.3 is 5.97 Å². The Kier molecular flexibility index (Phi) is 6.21. The predicted octanol–water partition coefficient (Wildman–Crippen LogP) is 2.23. The molecular formula is C21H21N3O5S2. The molecule has 3 aromatic rings. The van der Waals surface area contributed by atoms with Gasteiger partial charge in [-0.3, -0.25) is 4.79 Å². The van der Waals surface area contributed by atoms with Crippen molar-refractivity contribution in [3.63, 3.8) is 0 Å². The second-order valence-electron chi connectivity index (χ2n) is 6.90. The second kappa shape index (κ2) is 9.04. The van der Waals surface area contributed by atoms with E-state index in [2.05, 4.69) is 0 Å². The number of carbonyl (C=O) groups is 2. The smallest absolute Gasteiger partial charge is 0.350 e. The molecule has 3 heterocycles. The summed E-state index contributed by atoms with van der Waals surface area (Å²) in [6.45, 7) is 0.499. The molecular weight excluding hydrogens is 438 g/mol. The van der Waals surface area contributed by atoms with Gasteiger partial charge in [0.1, 0.15) is 4.88 Å². The molecule has 0 saturated carbocycles. The van der Waals surface area contributed by atoms with Crippen LogP contribution in [0.5, 0.6) is 0 Å². The lowest BCUT2D eigenvalue weighted by atomic mass is 10.3. The van der Waals surface area contributed by atoms with Crippen LogP contribution in [0, 0.1) is 0 Å². The number of benzene rings is 1. The van der Waals surface area contributed by atoms with Crippen molar-refractivity contribution in [3.05, 3.63) is 71.2 Å². The van der Waals surface area contributed by atoms with E-state index in [-0.39, 0.29) is 43.6 Å². The van der Waals surface area contributed by atoms with Crippen LogP contribution in [0.1, 0.15) is 9.67 Å². The molecule has 0 spiro atoms. The molecule has 8 nitrogen and oxygen atoms in total. The number of hydrogen-bond acceptors (Lipinski definition) is 6. The van der Waals surface area contributed by atoms with Gasteiger partial charge in [-0.1, -0.05) is 18.2 Å². The molecule has 0 atom stereocenters. The summed E-state index contributed by atoms with van der Waals surface area (Å²) in [5, 5.41) is 1.79. The number of thiophene rings is 1. The van der Waals surface area contributed by atoms with E-state index in [1.165, 1.54) is 20.5 Å². The van der Waals surface area contributed by atoms with Gasteiger partial charge in [-0.05, 0) is 35.7 Å². The molecule has 31 heavy (non-hydrogen) atoms. The number of amides is 1. The SMILES string of the molecule is O=C(OCC(=O)N1CCN(S(=O)(=O)c2ccccc2)CC1)c1sccc1-n1cccc1. The van der Waals surface area contributed by atoms with Crippen molar-refractivity contribution in [2.45, 2.75) is 4.90 Å². The first-order valence-electron chi connectivity index (χ1n) is 9.68. The van der Waals surface area contributed by atoms with Crippen LogP contribution >= 0.6 is 11.3 Å². The van der Waals surface area contributed by atoms with E-state index in [1.807, 2.05) is 30.6 Å². The Morgan fingerprint density at radius 3 is 2.29 bits per heavy atom. The summed E-state index contributed by atoms with van der Waals surface area (Å²) >= 11 is 1.25. The van der Waals surface area contributed by atoms with E-state index < -0.39 is 16.0 Å². The Morgan fingerprint density at radius 2 is 1.61 bits per heavy atom. The highest BCUT2D eigenvalue weighted by Crippen LogP contribution is 2.22. The summed E-state index contributed by atoms with van der Waals surface area (Å²) in [5.74, 6) is -0.901. The lowest BCUT2D eigenvalue weighted by Crippen LogP contribution is -2.51. The van der Waals surface area contributed by atoms with Crippen LogP contribution in [0.2, 0.25) is 0 Å². The number of rotatable bonds is 6. The third kappa shape index (κ3) is 4.55. The molecule has 4 rings (SSSR count). The maximum atomic E-state index is 12.7. The molecule has 1 saturated heterocycles. The van der Waals surface area contributed by atoms with Crippen molar-refractivity contribution in [1.29, 1.82) is 0 Å². The van der Waals surface area contributed by atoms with E-state index in [4.69, 9.17) is 4.74 Å². The fraction of sp³-hybridized carbons (Fsp3) is 0.238. The van der Waals surface area contributed by atoms with Crippen LogP contribution in [0.25, 0.3) is 5.69 Å². The maximum Gasteiger partial charge on any atom is 0.350 e. The summed E-state index contributed by atoms with van der Waals surface area (Å²) in [6.07, 6.45) is 3.65. The Balaban J connectivity index is 1.31. The van der Waals surface area contributed by atoms with E-state index in [0.717, 1.165) is 0 Å². The highest BCUT2D eigenvalue weighted by Gasteiger charge is 2.30. The average molecular weight is 460 g/mol. The molecule has 1 fully saturated rings. The van der Waals surface area contributed by atoms with Crippen LogP contribution in [-0.2, 0) is 19.6 Å². The third-order valence-corrected chi connectivity index (χ3v) is 7.81. The Hall–Kier alpha value is -2.95. The highest BCUT2D eigenvalue weighted by molar-refractivity contribution is 7.89. The first kappa shape index (κ1) is 21.3. The molecule has 1 aliphatic heterocycles. The molecule has 1 aromatic carbocycles. The molecule has 1 amide bonds. The molecule has 1 aliphatic rings. The van der Waals surface area contributed by atoms with Crippen molar-refractivity contribution in [1.82, 2.24) is 13.8 Å². The normalized spacial score (nSPS) is 15.0. The van der Waals surface area contributed by atoms with Crippen molar-refractivity contribution < 1.29 is 22.7 Å². The van der Waals surface area contributed by atoms with E-state index in [9.17, 15) is 18.0 Å². The molecule has 10 heteroatoms. The number of ether oxygens (including phenoxy) is 1. The predicted molar refractivity (Wildman–Crippen MR) is 116 cm³/mol. The van der Waals surface area contributed by atoms with Crippen LogP contribution < -0.4 is 0 Å². The number of carbonyl (C=O) groups excluding carboxylic acids is 2. The van der Waals surface area contributed by atoms with Gasteiger partial charge in [0, 0.05) is 38.6 Å².